The van der Waals surface area contributed by atoms with E-state index in [4.69, 9.17) is 9.84 Å². The molecule has 0 saturated heterocycles. The molecule has 1 N–H and O–H groups in total. The van der Waals surface area contributed by atoms with Gasteiger partial charge in [0.1, 0.15) is 24.6 Å². The molecule has 0 bridgehead atoms. The van der Waals surface area contributed by atoms with Gasteiger partial charge in [0.25, 0.3) is 0 Å². The average molecular weight is 234 g/mol. The zero-order valence-electron chi connectivity index (χ0n) is 9.02. The Hall–Kier alpha value is -2.10. The van der Waals surface area contributed by atoms with Gasteiger partial charge in [-0.1, -0.05) is 30.3 Å². The van der Waals surface area contributed by atoms with Crippen LogP contribution in [-0.4, -0.2) is 24.4 Å². The maximum absolute atomic E-state index is 12.1. The molecule has 0 amide bonds. The number of ether oxygens (including phenoxy) is 1. The molecule has 0 saturated carbocycles. The molecule has 0 atom stereocenters. The van der Waals surface area contributed by atoms with E-state index >= 15 is 0 Å². The summed E-state index contributed by atoms with van der Waals surface area (Å²) in [6.45, 7) is -0.795. The normalized spacial score (nSPS) is 10.4. The lowest BCUT2D eigenvalue weighted by Crippen LogP contribution is -2.06. The minimum atomic E-state index is -1.08. The van der Waals surface area contributed by atoms with E-state index in [0.29, 0.717) is 5.39 Å². The molecule has 0 aromatic heterocycles. The highest BCUT2D eigenvalue weighted by Gasteiger charge is 2.14. The number of hydrogen-bond donors (Lipinski definition) is 1. The number of carboxylic acid groups (broad SMARTS) is 1. The molecule has 0 unspecified atom stereocenters. The Bertz CT molecular complexity index is 551. The Balaban J connectivity index is 2.61. The van der Waals surface area contributed by atoms with Crippen LogP contribution in [0.2, 0.25) is 0 Å². The van der Waals surface area contributed by atoms with E-state index in [0.717, 1.165) is 5.39 Å². The second-order valence-corrected chi connectivity index (χ2v) is 3.51. The summed E-state index contributed by atoms with van der Waals surface area (Å²) >= 11 is 0. The van der Waals surface area contributed by atoms with Crippen LogP contribution in [0.15, 0.2) is 36.4 Å². The number of alkyl halides is 1. The van der Waals surface area contributed by atoms with Gasteiger partial charge < -0.3 is 9.84 Å². The molecule has 3 nitrogen and oxygen atoms in total. The third kappa shape index (κ3) is 2.20. The van der Waals surface area contributed by atoms with Crippen molar-refractivity contribution in [2.75, 3.05) is 13.3 Å². The second-order valence-electron chi connectivity index (χ2n) is 3.51. The van der Waals surface area contributed by atoms with Gasteiger partial charge in [0.15, 0.2) is 0 Å². The van der Waals surface area contributed by atoms with Gasteiger partial charge >= 0.3 is 5.97 Å². The molecular weight excluding hydrogens is 223 g/mol. The van der Waals surface area contributed by atoms with Crippen LogP contribution in [0.5, 0.6) is 5.75 Å². The van der Waals surface area contributed by atoms with Gasteiger partial charge in [0.2, 0.25) is 0 Å². The van der Waals surface area contributed by atoms with Crippen LogP contribution >= 0.6 is 0 Å². The molecule has 0 aliphatic rings. The third-order valence-corrected chi connectivity index (χ3v) is 2.43. The molecule has 0 radical (unpaired) electrons. The number of halogens is 1. The van der Waals surface area contributed by atoms with E-state index in [1.54, 1.807) is 18.2 Å². The van der Waals surface area contributed by atoms with Gasteiger partial charge in [0, 0.05) is 5.39 Å². The molecule has 0 aliphatic carbocycles. The summed E-state index contributed by atoms with van der Waals surface area (Å²) in [6.07, 6.45) is 0. The van der Waals surface area contributed by atoms with Crippen molar-refractivity contribution < 1.29 is 19.0 Å². The van der Waals surface area contributed by atoms with Crippen molar-refractivity contribution in [1.29, 1.82) is 0 Å². The predicted octanol–water partition coefficient (Wildman–Crippen LogP) is 2.89. The molecule has 2 rings (SSSR count). The van der Waals surface area contributed by atoms with Gasteiger partial charge in [-0.2, -0.15) is 0 Å². The minimum Gasteiger partial charge on any atom is -0.489 e. The van der Waals surface area contributed by atoms with Crippen LogP contribution < -0.4 is 4.74 Å². The summed E-state index contributed by atoms with van der Waals surface area (Å²) in [5.41, 5.74) is 0.0529. The highest BCUT2D eigenvalue weighted by molar-refractivity contribution is 6.00. The smallest absolute Gasteiger partial charge is 0.339 e. The van der Waals surface area contributed by atoms with E-state index < -0.39 is 12.6 Å². The number of rotatable bonds is 4. The summed E-state index contributed by atoms with van der Waals surface area (Å²) in [5.74, 6) is -0.849. The van der Waals surface area contributed by atoms with Gasteiger partial charge in [-0.3, -0.25) is 0 Å². The van der Waals surface area contributed by atoms with E-state index in [9.17, 15) is 9.18 Å². The summed E-state index contributed by atoms with van der Waals surface area (Å²) in [4.78, 5) is 11.1. The molecule has 17 heavy (non-hydrogen) atoms. The van der Waals surface area contributed by atoms with Crippen molar-refractivity contribution in [3.63, 3.8) is 0 Å². The number of carboxylic acids is 1. The molecule has 4 heteroatoms. The Morgan fingerprint density at radius 2 is 2.00 bits per heavy atom. The topological polar surface area (TPSA) is 46.5 Å². The SMILES string of the molecule is O=C(O)c1ccc2ccccc2c1OCCF. The van der Waals surface area contributed by atoms with Crippen LogP contribution in [0.1, 0.15) is 10.4 Å². The fourth-order valence-corrected chi connectivity index (χ4v) is 1.71. The molecule has 88 valence electrons. The largest absolute Gasteiger partial charge is 0.489 e. The summed E-state index contributed by atoms with van der Waals surface area (Å²) in [6, 6.07) is 10.4. The first-order chi connectivity index (χ1) is 8.24. The third-order valence-electron chi connectivity index (χ3n) is 2.43. The average Bonchev–Trinajstić information content (AvgIpc) is 2.35. The standard InChI is InChI=1S/C13H11FO3/c14-7-8-17-12-10-4-2-1-3-9(10)5-6-11(12)13(15)16/h1-6H,7-8H2,(H,15,16). The first-order valence-electron chi connectivity index (χ1n) is 5.18. The molecule has 0 fully saturated rings. The minimum absolute atomic E-state index is 0.0529. The molecular formula is C13H11FO3. The molecule has 0 aliphatic heterocycles. The van der Waals surface area contributed by atoms with E-state index in [1.807, 2.05) is 12.1 Å². The number of hydrogen-bond acceptors (Lipinski definition) is 2. The highest BCUT2D eigenvalue weighted by Crippen LogP contribution is 2.29. The second kappa shape index (κ2) is 4.82. The van der Waals surface area contributed by atoms with E-state index in [2.05, 4.69) is 0 Å². The van der Waals surface area contributed by atoms with Crippen LogP contribution in [-0.2, 0) is 0 Å². The quantitative estimate of drug-likeness (QED) is 0.884. The molecule has 0 spiro atoms. The summed E-state index contributed by atoms with van der Waals surface area (Å²) < 4.78 is 17.3. The van der Waals surface area contributed by atoms with Crippen LogP contribution in [0.25, 0.3) is 10.8 Å². The molecule has 2 aromatic rings. The Labute approximate surface area is 97.4 Å². The first kappa shape index (κ1) is 11.4. The zero-order chi connectivity index (χ0) is 12.3. The van der Waals surface area contributed by atoms with Crippen molar-refractivity contribution in [3.05, 3.63) is 42.0 Å². The number of carbonyl (C=O) groups is 1. The summed E-state index contributed by atoms with van der Waals surface area (Å²) in [7, 11) is 0. The Morgan fingerprint density at radius 3 is 2.71 bits per heavy atom. The first-order valence-corrected chi connectivity index (χ1v) is 5.18. The van der Waals surface area contributed by atoms with Gasteiger partial charge in [-0.15, -0.1) is 0 Å². The van der Waals surface area contributed by atoms with Gasteiger partial charge in [-0.25, -0.2) is 9.18 Å². The zero-order valence-corrected chi connectivity index (χ0v) is 9.02. The van der Waals surface area contributed by atoms with Crippen LogP contribution in [0.4, 0.5) is 4.39 Å². The lowest BCUT2D eigenvalue weighted by atomic mass is 10.1. The number of fused-ring (bicyclic) bond motifs is 1. The fraction of sp³-hybridized carbons (Fsp3) is 0.154. The van der Waals surface area contributed by atoms with Gasteiger partial charge in [0.05, 0.1) is 0 Å². The lowest BCUT2D eigenvalue weighted by molar-refractivity contribution is 0.0692. The van der Waals surface area contributed by atoms with E-state index in [-0.39, 0.29) is 17.9 Å². The maximum Gasteiger partial charge on any atom is 0.339 e. The Kier molecular flexibility index (Phi) is 3.23. The van der Waals surface area contributed by atoms with Crippen molar-refractivity contribution in [3.8, 4) is 5.75 Å². The molecule has 0 heterocycles. The fourth-order valence-electron chi connectivity index (χ4n) is 1.71. The molecule has 2 aromatic carbocycles. The van der Waals surface area contributed by atoms with E-state index in [1.165, 1.54) is 6.07 Å². The van der Waals surface area contributed by atoms with Crippen molar-refractivity contribution in [2.45, 2.75) is 0 Å². The lowest BCUT2D eigenvalue weighted by Gasteiger charge is -2.10. The number of aromatic carboxylic acids is 1. The monoisotopic (exact) mass is 234 g/mol. The maximum atomic E-state index is 12.1. The van der Waals surface area contributed by atoms with Crippen LogP contribution in [0.3, 0.4) is 0 Å². The van der Waals surface area contributed by atoms with Gasteiger partial charge in [-0.05, 0) is 11.5 Å². The predicted molar refractivity (Wildman–Crippen MR) is 62.4 cm³/mol. The van der Waals surface area contributed by atoms with Crippen molar-refractivity contribution in [2.24, 2.45) is 0 Å². The van der Waals surface area contributed by atoms with Crippen molar-refractivity contribution in [1.82, 2.24) is 0 Å². The Morgan fingerprint density at radius 1 is 1.24 bits per heavy atom. The number of benzene rings is 2. The van der Waals surface area contributed by atoms with Crippen LogP contribution in [0, 0.1) is 0 Å². The van der Waals surface area contributed by atoms with Crippen molar-refractivity contribution >= 4 is 16.7 Å². The highest BCUT2D eigenvalue weighted by atomic mass is 19.1. The summed E-state index contributed by atoms with van der Waals surface area (Å²) in [5, 5.41) is 10.6.